The second kappa shape index (κ2) is 5.56. The van der Waals surface area contributed by atoms with Crippen LogP contribution in [-0.4, -0.2) is 31.4 Å². The molecule has 1 aliphatic carbocycles. The number of carbonyl (C=O) groups excluding carboxylic acids is 2. The van der Waals surface area contributed by atoms with Gasteiger partial charge in [-0.05, 0) is 12.0 Å². The molecule has 3 aliphatic rings. The number of esters is 1. The third kappa shape index (κ3) is 2.22. The molecule has 140 valence electrons. The Morgan fingerprint density at radius 2 is 2.07 bits per heavy atom. The summed E-state index contributed by atoms with van der Waals surface area (Å²) in [4.78, 5) is 35.8. The van der Waals surface area contributed by atoms with E-state index in [1.807, 2.05) is 0 Å². The standard InChI is InChI=1S/C19H16O8/c1-7(20)24-13-5-9-16-12(25-19(9)26-13)6-11(23-2)15-8-3-4-10(21)14(8)18(22)27-17(15)16/h6,9,13,19H,3-5H2,1-2H3/t9-,13+,19-/m0/s1. The minimum atomic E-state index is -0.717. The summed E-state index contributed by atoms with van der Waals surface area (Å²) in [6.07, 6.45) is -0.226. The molecule has 1 saturated heterocycles. The highest BCUT2D eigenvalue weighted by Crippen LogP contribution is 2.52. The van der Waals surface area contributed by atoms with E-state index >= 15 is 0 Å². The summed E-state index contributed by atoms with van der Waals surface area (Å²) < 4.78 is 27.7. The lowest BCUT2D eigenvalue weighted by Crippen LogP contribution is -2.19. The number of hydrogen-bond acceptors (Lipinski definition) is 8. The number of ketones is 1. The maximum atomic E-state index is 12.5. The van der Waals surface area contributed by atoms with Crippen molar-refractivity contribution >= 4 is 22.7 Å². The fourth-order valence-corrected chi connectivity index (χ4v) is 4.28. The molecule has 1 fully saturated rings. The van der Waals surface area contributed by atoms with Crippen LogP contribution in [0.3, 0.4) is 0 Å². The molecular formula is C19H16O8. The highest BCUT2D eigenvalue weighted by molar-refractivity contribution is 6.06. The fraction of sp³-hybridized carbons (Fsp3) is 0.421. The first-order chi connectivity index (χ1) is 13.0. The Morgan fingerprint density at radius 1 is 1.26 bits per heavy atom. The molecule has 0 spiro atoms. The van der Waals surface area contributed by atoms with Gasteiger partial charge in [-0.15, -0.1) is 0 Å². The van der Waals surface area contributed by atoms with Crippen LogP contribution in [0.2, 0.25) is 0 Å². The SMILES string of the molecule is COc1cc2c(c3oc(=O)c4c(c13)CCC4=O)[C@@H]1C[C@H](OC(C)=O)O[C@@H]1O2. The molecule has 3 heterocycles. The molecule has 3 atom stereocenters. The summed E-state index contributed by atoms with van der Waals surface area (Å²) in [6.45, 7) is 1.31. The van der Waals surface area contributed by atoms with Gasteiger partial charge < -0.3 is 23.4 Å². The van der Waals surface area contributed by atoms with Crippen molar-refractivity contribution in [3.8, 4) is 11.5 Å². The van der Waals surface area contributed by atoms with Gasteiger partial charge in [-0.1, -0.05) is 0 Å². The lowest BCUT2D eigenvalue weighted by atomic mass is 9.93. The van der Waals surface area contributed by atoms with E-state index in [0.717, 1.165) is 0 Å². The first kappa shape index (κ1) is 16.3. The highest BCUT2D eigenvalue weighted by Gasteiger charge is 2.48. The van der Waals surface area contributed by atoms with Gasteiger partial charge in [0.1, 0.15) is 22.6 Å². The smallest absolute Gasteiger partial charge is 0.347 e. The van der Waals surface area contributed by atoms with E-state index in [0.29, 0.717) is 46.4 Å². The third-order valence-electron chi connectivity index (χ3n) is 5.32. The first-order valence-electron chi connectivity index (χ1n) is 8.71. The van der Waals surface area contributed by atoms with Gasteiger partial charge in [0.2, 0.25) is 12.6 Å². The minimum Gasteiger partial charge on any atom is -0.496 e. The van der Waals surface area contributed by atoms with E-state index in [-0.39, 0.29) is 23.7 Å². The lowest BCUT2D eigenvalue weighted by molar-refractivity contribution is -0.188. The first-order valence-corrected chi connectivity index (χ1v) is 8.71. The van der Waals surface area contributed by atoms with E-state index in [4.69, 9.17) is 23.4 Å². The van der Waals surface area contributed by atoms with Gasteiger partial charge in [0.05, 0.1) is 18.4 Å². The van der Waals surface area contributed by atoms with Crippen molar-refractivity contribution in [2.75, 3.05) is 7.11 Å². The van der Waals surface area contributed by atoms with E-state index in [9.17, 15) is 14.4 Å². The largest absolute Gasteiger partial charge is 0.496 e. The number of rotatable bonds is 2. The van der Waals surface area contributed by atoms with Gasteiger partial charge in [-0.2, -0.15) is 0 Å². The maximum absolute atomic E-state index is 12.5. The van der Waals surface area contributed by atoms with Crippen LogP contribution >= 0.6 is 0 Å². The van der Waals surface area contributed by atoms with Crippen molar-refractivity contribution in [3.63, 3.8) is 0 Å². The van der Waals surface area contributed by atoms with Crippen molar-refractivity contribution < 1.29 is 33.0 Å². The summed E-state index contributed by atoms with van der Waals surface area (Å²) in [6, 6.07) is 1.73. The normalized spacial score (nSPS) is 25.1. The van der Waals surface area contributed by atoms with E-state index in [2.05, 4.69) is 0 Å². The molecule has 0 amide bonds. The van der Waals surface area contributed by atoms with Gasteiger partial charge in [-0.25, -0.2) is 4.79 Å². The Hall–Kier alpha value is -2.87. The van der Waals surface area contributed by atoms with E-state index in [1.54, 1.807) is 6.07 Å². The van der Waals surface area contributed by atoms with Gasteiger partial charge >= 0.3 is 11.6 Å². The van der Waals surface area contributed by atoms with Crippen molar-refractivity contribution in [2.45, 2.75) is 44.7 Å². The van der Waals surface area contributed by atoms with E-state index < -0.39 is 24.2 Å². The Kier molecular flexibility index (Phi) is 3.36. The molecule has 2 aromatic rings. The van der Waals surface area contributed by atoms with Gasteiger partial charge in [0.25, 0.3) is 0 Å². The van der Waals surface area contributed by atoms with Crippen molar-refractivity contribution in [1.82, 2.24) is 0 Å². The van der Waals surface area contributed by atoms with Crippen LogP contribution in [0.25, 0.3) is 11.0 Å². The summed E-state index contributed by atoms with van der Waals surface area (Å²) >= 11 is 0. The lowest BCUT2D eigenvalue weighted by Gasteiger charge is -2.15. The van der Waals surface area contributed by atoms with Crippen LogP contribution in [-0.2, 0) is 20.7 Å². The molecule has 8 nitrogen and oxygen atoms in total. The summed E-state index contributed by atoms with van der Waals surface area (Å²) in [5.41, 5.74) is 1.16. The van der Waals surface area contributed by atoms with Crippen LogP contribution in [0, 0.1) is 0 Å². The molecule has 0 N–H and O–H groups in total. The molecule has 1 aromatic heterocycles. The Morgan fingerprint density at radius 3 is 2.81 bits per heavy atom. The average Bonchev–Trinajstić information content (AvgIpc) is 3.26. The molecule has 0 bridgehead atoms. The van der Waals surface area contributed by atoms with Crippen LogP contribution in [0.1, 0.15) is 47.2 Å². The summed E-state index contributed by atoms with van der Waals surface area (Å²) in [5.74, 6) is 0.0770. The zero-order valence-corrected chi connectivity index (χ0v) is 14.7. The molecular weight excluding hydrogens is 356 g/mol. The monoisotopic (exact) mass is 372 g/mol. The Labute approximate surface area is 152 Å². The molecule has 2 aliphatic heterocycles. The van der Waals surface area contributed by atoms with Crippen molar-refractivity contribution in [3.05, 3.63) is 33.2 Å². The zero-order chi connectivity index (χ0) is 18.9. The Bertz CT molecular complexity index is 1070. The van der Waals surface area contributed by atoms with Crippen LogP contribution in [0.4, 0.5) is 0 Å². The fourth-order valence-electron chi connectivity index (χ4n) is 4.28. The number of methoxy groups -OCH3 is 1. The minimum absolute atomic E-state index is 0.108. The molecule has 0 unspecified atom stereocenters. The number of aryl methyl sites for hydroxylation is 1. The number of hydrogen-bond donors (Lipinski definition) is 0. The average molecular weight is 372 g/mol. The molecule has 0 radical (unpaired) electrons. The Balaban J connectivity index is 1.72. The molecule has 1 aromatic carbocycles. The highest BCUT2D eigenvalue weighted by atomic mass is 16.8. The summed E-state index contributed by atoms with van der Waals surface area (Å²) in [7, 11) is 1.51. The van der Waals surface area contributed by atoms with Crippen LogP contribution < -0.4 is 15.1 Å². The third-order valence-corrected chi connectivity index (χ3v) is 5.32. The number of Topliss-reactive ketones (excluding diaryl/α,β-unsaturated/α-hetero) is 1. The van der Waals surface area contributed by atoms with Gasteiger partial charge in [0, 0.05) is 31.4 Å². The number of ether oxygens (including phenoxy) is 4. The predicted octanol–water partition coefficient (Wildman–Crippen LogP) is 2.04. The molecule has 8 heteroatoms. The van der Waals surface area contributed by atoms with Crippen LogP contribution in [0.5, 0.6) is 11.5 Å². The van der Waals surface area contributed by atoms with Gasteiger partial charge in [0.15, 0.2) is 5.78 Å². The quantitative estimate of drug-likeness (QED) is 0.583. The van der Waals surface area contributed by atoms with Gasteiger partial charge in [-0.3, -0.25) is 9.59 Å². The maximum Gasteiger partial charge on any atom is 0.347 e. The number of carbonyl (C=O) groups is 2. The zero-order valence-electron chi connectivity index (χ0n) is 14.7. The van der Waals surface area contributed by atoms with Crippen LogP contribution in [0.15, 0.2) is 15.3 Å². The topological polar surface area (TPSA) is 101 Å². The second-order valence-electron chi connectivity index (χ2n) is 6.86. The number of benzene rings is 1. The van der Waals surface area contributed by atoms with Crippen molar-refractivity contribution in [1.29, 1.82) is 0 Å². The number of fused-ring (bicyclic) bond motifs is 7. The molecule has 5 rings (SSSR count). The van der Waals surface area contributed by atoms with Crippen molar-refractivity contribution in [2.24, 2.45) is 0 Å². The molecule has 27 heavy (non-hydrogen) atoms. The predicted molar refractivity (Wildman–Crippen MR) is 90.1 cm³/mol. The second-order valence-corrected chi connectivity index (χ2v) is 6.86. The van der Waals surface area contributed by atoms with E-state index in [1.165, 1.54) is 14.0 Å². The molecule has 0 saturated carbocycles. The summed E-state index contributed by atoms with van der Waals surface area (Å²) in [5, 5.41) is 0.622.